The largest absolute Gasteiger partial charge is 0.252 e. The van der Waals surface area contributed by atoms with Crippen LogP contribution in [0.5, 0.6) is 0 Å². The van der Waals surface area contributed by atoms with Gasteiger partial charge in [-0.25, -0.2) is 0 Å². The smallest absolute Gasteiger partial charge is 0.0705 e. The van der Waals surface area contributed by atoms with E-state index in [-0.39, 0.29) is 5.41 Å². The summed E-state index contributed by atoms with van der Waals surface area (Å²) < 4.78 is 0. The lowest BCUT2D eigenvalue weighted by molar-refractivity contribution is 0.371. The van der Waals surface area contributed by atoms with E-state index >= 15 is 0 Å². The van der Waals surface area contributed by atoms with Crippen LogP contribution in [-0.2, 0) is 5.41 Å². The summed E-state index contributed by atoms with van der Waals surface area (Å²) in [7, 11) is 0. The van der Waals surface area contributed by atoms with E-state index in [0.29, 0.717) is 0 Å². The van der Waals surface area contributed by atoms with Crippen LogP contribution >= 0.6 is 0 Å². The Morgan fingerprint density at radius 3 is 2.00 bits per heavy atom. The van der Waals surface area contributed by atoms with Crippen molar-refractivity contribution in [3.63, 3.8) is 0 Å². The first-order valence-electron chi connectivity index (χ1n) is 7.28. The zero-order chi connectivity index (χ0) is 13.7. The van der Waals surface area contributed by atoms with E-state index in [9.17, 15) is 0 Å². The highest BCUT2D eigenvalue weighted by Gasteiger charge is 2.27. The van der Waals surface area contributed by atoms with Crippen LogP contribution in [0, 0.1) is 0 Å². The Bertz CT molecular complexity index is 504. The van der Waals surface area contributed by atoms with Crippen LogP contribution in [0.4, 0.5) is 0 Å². The van der Waals surface area contributed by atoms with Crippen LogP contribution in [0.2, 0.25) is 0 Å². The van der Waals surface area contributed by atoms with Crippen LogP contribution < -0.4 is 0 Å². The highest BCUT2D eigenvalue weighted by atomic mass is 14.7. The third-order valence-electron chi connectivity index (χ3n) is 4.39. The molecule has 0 atom stereocenters. The maximum Gasteiger partial charge on any atom is 0.0705 e. The van der Waals surface area contributed by atoms with Gasteiger partial charge in [0.2, 0.25) is 0 Å². The minimum Gasteiger partial charge on any atom is -0.252 e. The Morgan fingerprint density at radius 2 is 1.42 bits per heavy atom. The lowest BCUT2D eigenvalue weighted by atomic mass is 9.76. The molecular weight excluding hydrogens is 230 g/mol. The molecular formula is C18H23N. The molecule has 0 saturated carbocycles. The Morgan fingerprint density at radius 1 is 0.789 bits per heavy atom. The minimum atomic E-state index is 0.227. The van der Waals surface area contributed by atoms with Gasteiger partial charge in [-0.15, -0.1) is 0 Å². The Kier molecular flexibility index (Phi) is 4.36. The number of hydrogen-bond donors (Lipinski definition) is 0. The molecule has 0 N–H and O–H groups in total. The number of rotatable bonds is 5. The molecule has 0 aliphatic rings. The quantitative estimate of drug-likeness (QED) is 0.712. The van der Waals surface area contributed by atoms with Crippen LogP contribution in [0.1, 0.15) is 45.7 Å². The molecule has 1 heteroatoms. The van der Waals surface area contributed by atoms with Crippen LogP contribution in [-0.4, -0.2) is 4.98 Å². The fraction of sp³-hybridized carbons (Fsp3) is 0.389. The molecule has 0 fully saturated rings. The molecule has 1 heterocycles. The Hall–Kier alpha value is -1.63. The molecule has 1 nitrogen and oxygen atoms in total. The molecule has 2 aromatic rings. The summed E-state index contributed by atoms with van der Waals surface area (Å²) in [6.45, 7) is 6.80. The maximum atomic E-state index is 4.93. The lowest BCUT2D eigenvalue weighted by Gasteiger charge is -2.30. The van der Waals surface area contributed by atoms with E-state index in [0.717, 1.165) is 25.0 Å². The summed E-state index contributed by atoms with van der Waals surface area (Å²) in [6.07, 6.45) is 3.43. The van der Waals surface area contributed by atoms with Gasteiger partial charge in [0, 0.05) is 16.7 Å². The first-order chi connectivity index (χ1) is 9.25. The van der Waals surface area contributed by atoms with Gasteiger partial charge in [0.05, 0.1) is 5.69 Å². The normalized spacial score (nSPS) is 11.5. The second kappa shape index (κ2) is 6.01. The summed E-state index contributed by atoms with van der Waals surface area (Å²) >= 11 is 0. The molecule has 2 rings (SSSR count). The van der Waals surface area contributed by atoms with E-state index in [2.05, 4.69) is 63.2 Å². The molecule has 0 bridgehead atoms. The molecule has 0 saturated heterocycles. The van der Waals surface area contributed by atoms with E-state index in [1.807, 2.05) is 6.07 Å². The lowest BCUT2D eigenvalue weighted by Crippen LogP contribution is -2.24. The van der Waals surface area contributed by atoms with Crippen molar-refractivity contribution in [2.75, 3.05) is 0 Å². The number of hydrogen-bond acceptors (Lipinski definition) is 1. The van der Waals surface area contributed by atoms with Gasteiger partial charge in [-0.1, -0.05) is 57.2 Å². The van der Waals surface area contributed by atoms with Crippen LogP contribution in [0.25, 0.3) is 11.3 Å². The van der Waals surface area contributed by atoms with E-state index in [1.165, 1.54) is 11.3 Å². The fourth-order valence-electron chi connectivity index (χ4n) is 2.79. The third-order valence-corrected chi connectivity index (χ3v) is 4.39. The van der Waals surface area contributed by atoms with E-state index < -0.39 is 0 Å². The first-order valence-corrected chi connectivity index (χ1v) is 7.28. The highest BCUT2D eigenvalue weighted by Crippen LogP contribution is 2.34. The predicted octanol–water partition coefficient (Wildman–Crippen LogP) is 5.22. The molecule has 1 aromatic heterocycles. The van der Waals surface area contributed by atoms with Crippen molar-refractivity contribution < 1.29 is 0 Å². The topological polar surface area (TPSA) is 12.9 Å². The number of nitrogens with zero attached hydrogens (tertiary/aromatic N) is 1. The zero-order valence-corrected chi connectivity index (χ0v) is 12.2. The van der Waals surface area contributed by atoms with Crippen molar-refractivity contribution in [3.8, 4) is 11.3 Å². The van der Waals surface area contributed by atoms with Gasteiger partial charge in [0.25, 0.3) is 0 Å². The summed E-state index contributed by atoms with van der Waals surface area (Å²) in [5.41, 5.74) is 3.74. The summed E-state index contributed by atoms with van der Waals surface area (Å²) in [5, 5.41) is 0. The second-order valence-electron chi connectivity index (χ2n) is 5.12. The summed E-state index contributed by atoms with van der Waals surface area (Å²) in [6, 6.07) is 16.8. The van der Waals surface area contributed by atoms with Gasteiger partial charge in [-0.05, 0) is 31.4 Å². The highest BCUT2D eigenvalue weighted by molar-refractivity contribution is 5.59. The third kappa shape index (κ3) is 2.70. The molecule has 0 aliphatic heterocycles. The molecule has 0 amide bonds. The molecule has 0 unspecified atom stereocenters. The van der Waals surface area contributed by atoms with Crippen molar-refractivity contribution in [1.29, 1.82) is 0 Å². The van der Waals surface area contributed by atoms with Gasteiger partial charge < -0.3 is 0 Å². The first kappa shape index (κ1) is 13.8. The van der Waals surface area contributed by atoms with Crippen molar-refractivity contribution in [1.82, 2.24) is 4.98 Å². The number of aromatic nitrogens is 1. The molecule has 0 spiro atoms. The second-order valence-corrected chi connectivity index (χ2v) is 5.12. The van der Waals surface area contributed by atoms with E-state index in [4.69, 9.17) is 4.98 Å². The predicted molar refractivity (Wildman–Crippen MR) is 82.2 cm³/mol. The average molecular weight is 253 g/mol. The molecule has 19 heavy (non-hydrogen) atoms. The van der Waals surface area contributed by atoms with Gasteiger partial charge in [-0.3, -0.25) is 4.98 Å². The summed E-state index contributed by atoms with van der Waals surface area (Å²) in [4.78, 5) is 4.93. The van der Waals surface area contributed by atoms with Gasteiger partial charge in [-0.2, -0.15) is 0 Å². The molecule has 100 valence electrons. The van der Waals surface area contributed by atoms with E-state index in [1.54, 1.807) is 0 Å². The van der Waals surface area contributed by atoms with Crippen molar-refractivity contribution in [2.24, 2.45) is 0 Å². The number of pyridine rings is 1. The van der Waals surface area contributed by atoms with Gasteiger partial charge >= 0.3 is 0 Å². The summed E-state index contributed by atoms with van der Waals surface area (Å²) in [5.74, 6) is 0. The zero-order valence-electron chi connectivity index (χ0n) is 12.2. The van der Waals surface area contributed by atoms with Crippen molar-refractivity contribution in [2.45, 2.75) is 45.4 Å². The number of benzene rings is 1. The monoisotopic (exact) mass is 253 g/mol. The van der Waals surface area contributed by atoms with Gasteiger partial charge in [0.1, 0.15) is 0 Å². The van der Waals surface area contributed by atoms with Crippen molar-refractivity contribution in [3.05, 3.63) is 54.2 Å². The Labute approximate surface area is 116 Å². The standard InChI is InChI=1S/C18H23N/c1-4-18(5-2,6-3)17-14-10-13-16(19-17)15-11-8-7-9-12-15/h7-14H,4-6H2,1-3H3. The van der Waals surface area contributed by atoms with Gasteiger partial charge in [0.15, 0.2) is 0 Å². The molecule has 1 aromatic carbocycles. The van der Waals surface area contributed by atoms with Crippen LogP contribution in [0.15, 0.2) is 48.5 Å². The molecule has 0 aliphatic carbocycles. The molecule has 0 radical (unpaired) electrons. The Balaban J connectivity index is 2.45. The average Bonchev–Trinajstić information content (AvgIpc) is 2.51. The minimum absolute atomic E-state index is 0.227. The van der Waals surface area contributed by atoms with Crippen LogP contribution in [0.3, 0.4) is 0 Å². The SMILES string of the molecule is CCC(CC)(CC)c1cccc(-c2ccccc2)n1. The fourth-order valence-corrected chi connectivity index (χ4v) is 2.79. The maximum absolute atomic E-state index is 4.93. The van der Waals surface area contributed by atoms with Crippen molar-refractivity contribution >= 4 is 0 Å².